The van der Waals surface area contributed by atoms with Gasteiger partial charge < -0.3 is 15.8 Å². The lowest BCUT2D eigenvalue weighted by molar-refractivity contribution is 0.328. The Hall–Kier alpha value is -2.01. The Labute approximate surface area is 133 Å². The molecule has 0 aromatic heterocycles. The van der Waals surface area contributed by atoms with Crippen LogP contribution in [0, 0.1) is 6.92 Å². The number of benzene rings is 2. The molecule has 5 heteroatoms. The average Bonchev–Trinajstić information content (AvgIpc) is 2.44. The van der Waals surface area contributed by atoms with Crippen molar-refractivity contribution in [2.75, 3.05) is 18.5 Å². The zero-order chi connectivity index (χ0) is 15.1. The molecule has 0 spiro atoms. The van der Waals surface area contributed by atoms with E-state index in [-0.39, 0.29) is 0 Å². The van der Waals surface area contributed by atoms with Crippen molar-refractivity contribution in [3.63, 3.8) is 0 Å². The molecule has 0 aliphatic rings. The number of guanidine groups is 1. The van der Waals surface area contributed by atoms with E-state index >= 15 is 0 Å². The summed E-state index contributed by atoms with van der Waals surface area (Å²) in [6.07, 6.45) is 0. The van der Waals surface area contributed by atoms with Crippen LogP contribution in [0.4, 0.5) is 5.69 Å². The molecule has 0 bridgehead atoms. The molecule has 0 saturated heterocycles. The largest absolute Gasteiger partial charge is 0.492 e. The van der Waals surface area contributed by atoms with Gasteiger partial charge in [0.15, 0.2) is 5.96 Å². The van der Waals surface area contributed by atoms with E-state index in [0.717, 1.165) is 15.9 Å². The third kappa shape index (κ3) is 5.47. The van der Waals surface area contributed by atoms with Crippen LogP contribution >= 0.6 is 15.9 Å². The van der Waals surface area contributed by atoms with Crippen molar-refractivity contribution in [1.29, 1.82) is 0 Å². The highest BCUT2D eigenvalue weighted by Gasteiger charge is 1.96. The second-order valence-electron chi connectivity index (χ2n) is 4.57. The SMILES string of the molecule is Cc1cccc(NC(N)=NCCOc2cccc(Br)c2)c1. The molecule has 4 nitrogen and oxygen atoms in total. The highest BCUT2D eigenvalue weighted by Crippen LogP contribution is 2.17. The van der Waals surface area contributed by atoms with Gasteiger partial charge in [-0.2, -0.15) is 0 Å². The second kappa shape index (κ2) is 7.69. The summed E-state index contributed by atoms with van der Waals surface area (Å²) in [4.78, 5) is 4.23. The number of nitrogens with two attached hydrogens (primary N) is 1. The van der Waals surface area contributed by atoms with Crippen LogP contribution in [0.1, 0.15) is 5.56 Å². The van der Waals surface area contributed by atoms with Crippen molar-refractivity contribution >= 4 is 27.6 Å². The number of halogens is 1. The van der Waals surface area contributed by atoms with E-state index in [2.05, 4.69) is 26.2 Å². The lowest BCUT2D eigenvalue weighted by Gasteiger charge is -2.07. The molecule has 2 aromatic rings. The van der Waals surface area contributed by atoms with Gasteiger partial charge in [0.2, 0.25) is 0 Å². The van der Waals surface area contributed by atoms with Gasteiger partial charge in [-0.05, 0) is 42.8 Å². The van der Waals surface area contributed by atoms with E-state index in [1.165, 1.54) is 5.56 Å². The van der Waals surface area contributed by atoms with E-state index in [9.17, 15) is 0 Å². The Morgan fingerprint density at radius 3 is 2.81 bits per heavy atom. The highest BCUT2D eigenvalue weighted by molar-refractivity contribution is 9.10. The zero-order valence-electron chi connectivity index (χ0n) is 11.8. The summed E-state index contributed by atoms with van der Waals surface area (Å²) in [5.74, 6) is 1.20. The number of nitrogens with one attached hydrogen (secondary N) is 1. The molecule has 3 N–H and O–H groups in total. The molecule has 0 aliphatic carbocycles. The Kier molecular flexibility index (Phi) is 5.63. The Morgan fingerprint density at radius 2 is 2.05 bits per heavy atom. The van der Waals surface area contributed by atoms with Crippen molar-refractivity contribution in [3.05, 3.63) is 58.6 Å². The molecule has 0 radical (unpaired) electrons. The first-order valence-corrected chi connectivity index (χ1v) is 7.45. The normalized spacial score (nSPS) is 11.2. The fourth-order valence-electron chi connectivity index (χ4n) is 1.80. The summed E-state index contributed by atoms with van der Waals surface area (Å²) in [5, 5.41) is 3.06. The predicted molar refractivity (Wildman–Crippen MR) is 90.9 cm³/mol. The van der Waals surface area contributed by atoms with Gasteiger partial charge in [-0.25, -0.2) is 4.99 Å². The van der Waals surface area contributed by atoms with Gasteiger partial charge in [-0.3, -0.25) is 0 Å². The number of anilines is 1. The number of nitrogens with zero attached hydrogens (tertiary/aromatic N) is 1. The molecule has 2 rings (SSSR count). The van der Waals surface area contributed by atoms with Crippen LogP contribution in [0.25, 0.3) is 0 Å². The summed E-state index contributed by atoms with van der Waals surface area (Å²) in [7, 11) is 0. The Bertz CT molecular complexity index is 628. The molecule has 0 fully saturated rings. The van der Waals surface area contributed by atoms with Gasteiger partial charge in [-0.1, -0.05) is 34.1 Å². The Morgan fingerprint density at radius 1 is 1.24 bits per heavy atom. The zero-order valence-corrected chi connectivity index (χ0v) is 13.4. The first-order chi connectivity index (χ1) is 10.1. The molecule has 0 atom stereocenters. The average molecular weight is 348 g/mol. The van der Waals surface area contributed by atoms with E-state index in [4.69, 9.17) is 10.5 Å². The van der Waals surface area contributed by atoms with Crippen LogP contribution in [-0.2, 0) is 0 Å². The van der Waals surface area contributed by atoms with E-state index in [1.807, 2.05) is 55.5 Å². The van der Waals surface area contributed by atoms with Crippen molar-refractivity contribution in [1.82, 2.24) is 0 Å². The quantitative estimate of drug-likeness (QED) is 0.493. The maximum atomic E-state index is 5.84. The number of aryl methyl sites for hydroxylation is 1. The van der Waals surface area contributed by atoms with Gasteiger partial charge >= 0.3 is 0 Å². The molecule has 0 unspecified atom stereocenters. The predicted octanol–water partition coefficient (Wildman–Crippen LogP) is 3.56. The molecule has 0 amide bonds. The van der Waals surface area contributed by atoms with Gasteiger partial charge in [0, 0.05) is 10.2 Å². The molecule has 21 heavy (non-hydrogen) atoms. The Balaban J connectivity index is 1.78. The van der Waals surface area contributed by atoms with Crippen LogP contribution < -0.4 is 15.8 Å². The van der Waals surface area contributed by atoms with E-state index < -0.39 is 0 Å². The fourth-order valence-corrected chi connectivity index (χ4v) is 2.17. The van der Waals surface area contributed by atoms with Crippen LogP contribution in [0.15, 0.2) is 58.0 Å². The van der Waals surface area contributed by atoms with Gasteiger partial charge in [-0.15, -0.1) is 0 Å². The van der Waals surface area contributed by atoms with E-state index in [1.54, 1.807) is 0 Å². The molecular formula is C16H18BrN3O. The van der Waals surface area contributed by atoms with Crippen LogP contribution in [0.2, 0.25) is 0 Å². The number of ether oxygens (including phenoxy) is 1. The van der Waals surface area contributed by atoms with Crippen molar-refractivity contribution in [2.24, 2.45) is 10.7 Å². The lowest BCUT2D eigenvalue weighted by atomic mass is 10.2. The summed E-state index contributed by atoms with van der Waals surface area (Å²) in [6, 6.07) is 15.7. The third-order valence-electron chi connectivity index (χ3n) is 2.73. The molecule has 0 aliphatic heterocycles. The minimum absolute atomic E-state index is 0.387. The second-order valence-corrected chi connectivity index (χ2v) is 5.48. The van der Waals surface area contributed by atoms with Gasteiger partial charge in [0.25, 0.3) is 0 Å². The van der Waals surface area contributed by atoms with Crippen LogP contribution in [0.3, 0.4) is 0 Å². The monoisotopic (exact) mass is 347 g/mol. The van der Waals surface area contributed by atoms with Gasteiger partial charge in [0.05, 0.1) is 6.54 Å². The molecular weight excluding hydrogens is 330 g/mol. The van der Waals surface area contributed by atoms with Crippen molar-refractivity contribution in [2.45, 2.75) is 6.92 Å². The van der Waals surface area contributed by atoms with Crippen molar-refractivity contribution < 1.29 is 4.74 Å². The number of hydrogen-bond acceptors (Lipinski definition) is 2. The highest BCUT2D eigenvalue weighted by atomic mass is 79.9. The number of hydrogen-bond donors (Lipinski definition) is 2. The summed E-state index contributed by atoms with van der Waals surface area (Å²) in [6.45, 7) is 3.01. The number of aliphatic imine (C=N–C) groups is 1. The van der Waals surface area contributed by atoms with Crippen LogP contribution in [-0.4, -0.2) is 19.1 Å². The third-order valence-corrected chi connectivity index (χ3v) is 3.22. The van der Waals surface area contributed by atoms with Gasteiger partial charge in [0.1, 0.15) is 12.4 Å². The summed E-state index contributed by atoms with van der Waals surface area (Å²) >= 11 is 3.40. The molecule has 110 valence electrons. The topological polar surface area (TPSA) is 59.6 Å². The first-order valence-electron chi connectivity index (χ1n) is 6.65. The minimum atomic E-state index is 0.387. The smallest absolute Gasteiger partial charge is 0.193 e. The number of rotatable bonds is 5. The van der Waals surface area contributed by atoms with Crippen LogP contribution in [0.5, 0.6) is 5.75 Å². The van der Waals surface area contributed by atoms with Crippen molar-refractivity contribution in [3.8, 4) is 5.75 Å². The fraction of sp³-hybridized carbons (Fsp3) is 0.188. The first kappa shape index (κ1) is 15.4. The summed E-state index contributed by atoms with van der Waals surface area (Å²) < 4.78 is 6.58. The minimum Gasteiger partial charge on any atom is -0.492 e. The molecule has 2 aromatic carbocycles. The standard InChI is InChI=1S/C16H18BrN3O/c1-12-4-2-6-14(10-12)20-16(18)19-8-9-21-15-7-3-5-13(17)11-15/h2-7,10-11H,8-9H2,1H3,(H3,18,19,20). The molecule has 0 saturated carbocycles. The molecule has 0 heterocycles. The summed E-state index contributed by atoms with van der Waals surface area (Å²) in [5.41, 5.74) is 7.94. The van der Waals surface area contributed by atoms with E-state index in [0.29, 0.717) is 19.1 Å². The maximum Gasteiger partial charge on any atom is 0.193 e. The lowest BCUT2D eigenvalue weighted by Crippen LogP contribution is -2.23. The maximum absolute atomic E-state index is 5.84.